The molecule has 0 amide bonds. The van der Waals surface area contributed by atoms with Gasteiger partial charge >= 0.3 is 0 Å². The van der Waals surface area contributed by atoms with Gasteiger partial charge in [0.25, 0.3) is 0 Å². The van der Waals surface area contributed by atoms with Gasteiger partial charge in [-0.1, -0.05) is 38.5 Å². The third-order valence-corrected chi connectivity index (χ3v) is 3.87. The van der Waals surface area contributed by atoms with Crippen molar-refractivity contribution < 1.29 is 4.74 Å². The zero-order valence-corrected chi connectivity index (χ0v) is 10.9. The Morgan fingerprint density at radius 3 is 2.82 bits per heavy atom. The predicted octanol–water partition coefficient (Wildman–Crippen LogP) is 3.81. The molecule has 17 heavy (non-hydrogen) atoms. The van der Waals surface area contributed by atoms with Gasteiger partial charge in [-0.05, 0) is 25.3 Å². The number of ether oxygens (including phenoxy) is 1. The maximum Gasteiger partial charge on any atom is 0.124 e. The van der Waals surface area contributed by atoms with Crippen LogP contribution in [0.3, 0.4) is 0 Å². The third kappa shape index (κ3) is 2.47. The van der Waals surface area contributed by atoms with E-state index in [1.807, 2.05) is 18.2 Å². The summed E-state index contributed by atoms with van der Waals surface area (Å²) in [6.07, 6.45) is 5.52. The van der Waals surface area contributed by atoms with E-state index in [1.165, 1.54) is 12.8 Å². The minimum Gasteiger partial charge on any atom is -0.487 e. The first kappa shape index (κ1) is 12.4. The molecule has 0 radical (unpaired) electrons. The highest BCUT2D eigenvalue weighted by atomic mass is 16.5. The van der Waals surface area contributed by atoms with Crippen LogP contribution < -0.4 is 10.5 Å². The Morgan fingerprint density at radius 2 is 2.12 bits per heavy atom. The number of para-hydroxylation sites is 1. The van der Waals surface area contributed by atoms with Gasteiger partial charge in [-0.25, -0.2) is 0 Å². The number of fused-ring (bicyclic) bond motifs is 1. The van der Waals surface area contributed by atoms with Gasteiger partial charge in [-0.15, -0.1) is 0 Å². The van der Waals surface area contributed by atoms with Crippen molar-refractivity contribution in [3.05, 3.63) is 29.8 Å². The van der Waals surface area contributed by atoms with Crippen molar-refractivity contribution in [1.29, 1.82) is 0 Å². The van der Waals surface area contributed by atoms with E-state index in [-0.39, 0.29) is 11.6 Å². The molecule has 0 aromatic heterocycles. The molecule has 2 nitrogen and oxygen atoms in total. The molecular formula is C15H23NO. The zero-order valence-electron chi connectivity index (χ0n) is 10.9. The Labute approximate surface area is 104 Å². The molecule has 2 heteroatoms. The lowest BCUT2D eigenvalue weighted by molar-refractivity contribution is 0.0217. The van der Waals surface area contributed by atoms with Gasteiger partial charge in [-0.2, -0.15) is 0 Å². The predicted molar refractivity (Wildman–Crippen MR) is 71.2 cm³/mol. The van der Waals surface area contributed by atoms with Crippen LogP contribution in [-0.4, -0.2) is 5.60 Å². The highest BCUT2D eigenvalue weighted by Crippen LogP contribution is 2.42. The summed E-state index contributed by atoms with van der Waals surface area (Å²) in [5, 5.41) is 0. The first-order valence-corrected chi connectivity index (χ1v) is 6.74. The van der Waals surface area contributed by atoms with Gasteiger partial charge in [0.1, 0.15) is 11.4 Å². The van der Waals surface area contributed by atoms with Crippen molar-refractivity contribution in [3.63, 3.8) is 0 Å². The molecule has 94 valence electrons. The zero-order chi connectivity index (χ0) is 12.3. The second-order valence-electron chi connectivity index (χ2n) is 5.09. The molecule has 0 aliphatic carbocycles. The highest BCUT2D eigenvalue weighted by Gasteiger charge is 2.37. The Hall–Kier alpha value is -1.02. The van der Waals surface area contributed by atoms with Crippen molar-refractivity contribution in [2.45, 2.75) is 57.6 Å². The fraction of sp³-hybridized carbons (Fsp3) is 0.600. The molecule has 0 fully saturated rings. The van der Waals surface area contributed by atoms with Crippen molar-refractivity contribution >= 4 is 0 Å². The number of rotatable bonds is 4. The topological polar surface area (TPSA) is 35.2 Å². The average Bonchev–Trinajstić information content (AvgIpc) is 2.36. The number of unbranched alkanes of at least 4 members (excludes halogenated alkanes) is 1. The number of hydrogen-bond acceptors (Lipinski definition) is 2. The van der Waals surface area contributed by atoms with Crippen LogP contribution in [0, 0.1) is 0 Å². The maximum atomic E-state index is 6.29. The van der Waals surface area contributed by atoms with Crippen LogP contribution in [0.15, 0.2) is 24.3 Å². The molecule has 2 atom stereocenters. The van der Waals surface area contributed by atoms with Gasteiger partial charge in [0, 0.05) is 18.0 Å². The van der Waals surface area contributed by atoms with E-state index < -0.39 is 0 Å². The van der Waals surface area contributed by atoms with Crippen LogP contribution in [0.25, 0.3) is 0 Å². The van der Waals surface area contributed by atoms with E-state index in [9.17, 15) is 0 Å². The second-order valence-corrected chi connectivity index (χ2v) is 5.09. The first-order chi connectivity index (χ1) is 8.21. The van der Waals surface area contributed by atoms with Gasteiger partial charge in [-0.3, -0.25) is 0 Å². The van der Waals surface area contributed by atoms with Crippen molar-refractivity contribution in [2.75, 3.05) is 0 Å². The van der Waals surface area contributed by atoms with Crippen LogP contribution in [0.5, 0.6) is 5.75 Å². The summed E-state index contributed by atoms with van der Waals surface area (Å²) in [6, 6.07) is 8.31. The quantitative estimate of drug-likeness (QED) is 0.858. The van der Waals surface area contributed by atoms with Crippen LogP contribution in [0.1, 0.15) is 57.6 Å². The summed E-state index contributed by atoms with van der Waals surface area (Å²) < 4.78 is 6.26. The average molecular weight is 233 g/mol. The molecule has 2 N–H and O–H groups in total. The van der Waals surface area contributed by atoms with Crippen LogP contribution >= 0.6 is 0 Å². The molecule has 0 saturated heterocycles. The maximum absolute atomic E-state index is 6.29. The van der Waals surface area contributed by atoms with E-state index in [0.29, 0.717) is 0 Å². The largest absolute Gasteiger partial charge is 0.487 e. The van der Waals surface area contributed by atoms with E-state index >= 15 is 0 Å². The minimum absolute atomic E-state index is 0.0379. The van der Waals surface area contributed by atoms with Crippen LogP contribution in [0.4, 0.5) is 0 Å². The van der Waals surface area contributed by atoms with Crippen molar-refractivity contribution in [2.24, 2.45) is 5.73 Å². The fourth-order valence-electron chi connectivity index (χ4n) is 2.71. The Balaban J connectivity index is 2.24. The summed E-state index contributed by atoms with van der Waals surface area (Å²) >= 11 is 0. The third-order valence-electron chi connectivity index (χ3n) is 3.87. The molecule has 1 unspecified atom stereocenters. The minimum atomic E-state index is -0.0379. The number of hydrogen-bond donors (Lipinski definition) is 1. The van der Waals surface area contributed by atoms with E-state index in [4.69, 9.17) is 10.5 Å². The Bertz CT molecular complexity index is 377. The van der Waals surface area contributed by atoms with Gasteiger partial charge in [0.15, 0.2) is 0 Å². The lowest BCUT2D eigenvalue weighted by atomic mass is 9.82. The van der Waals surface area contributed by atoms with Gasteiger partial charge in [0.2, 0.25) is 0 Å². The van der Waals surface area contributed by atoms with E-state index in [2.05, 4.69) is 19.9 Å². The molecule has 1 aliphatic heterocycles. The lowest BCUT2D eigenvalue weighted by Gasteiger charge is -2.41. The summed E-state index contributed by atoms with van der Waals surface area (Å²) in [6.45, 7) is 4.43. The van der Waals surface area contributed by atoms with Gasteiger partial charge in [0.05, 0.1) is 0 Å². The summed E-state index contributed by atoms with van der Waals surface area (Å²) in [5.41, 5.74) is 7.41. The molecular weight excluding hydrogens is 210 g/mol. The Kier molecular flexibility index (Phi) is 3.72. The second kappa shape index (κ2) is 5.09. The van der Waals surface area contributed by atoms with E-state index in [0.717, 1.165) is 30.6 Å². The molecule has 1 heterocycles. The molecule has 1 aromatic carbocycles. The fourth-order valence-corrected chi connectivity index (χ4v) is 2.71. The SMILES string of the molecule is CCCCC1(CC)C[C@H](N)c2ccccc2O1. The Morgan fingerprint density at radius 1 is 1.35 bits per heavy atom. The van der Waals surface area contributed by atoms with E-state index in [1.54, 1.807) is 0 Å². The number of nitrogens with two attached hydrogens (primary N) is 1. The standard InChI is InChI=1S/C15H23NO/c1-3-5-10-15(4-2)11-13(16)12-8-6-7-9-14(12)17-15/h6-9,13H,3-5,10-11,16H2,1-2H3/t13-,15?/m0/s1. The highest BCUT2D eigenvalue weighted by molar-refractivity contribution is 5.38. The molecule has 1 aromatic rings. The molecule has 2 rings (SSSR count). The smallest absolute Gasteiger partial charge is 0.124 e. The van der Waals surface area contributed by atoms with Crippen molar-refractivity contribution in [3.8, 4) is 5.75 Å². The summed E-state index contributed by atoms with van der Waals surface area (Å²) in [5.74, 6) is 0.990. The molecule has 0 bridgehead atoms. The summed E-state index contributed by atoms with van der Waals surface area (Å²) in [4.78, 5) is 0. The van der Waals surface area contributed by atoms with Gasteiger partial charge < -0.3 is 10.5 Å². The lowest BCUT2D eigenvalue weighted by Crippen LogP contribution is -2.42. The summed E-state index contributed by atoms with van der Waals surface area (Å²) in [7, 11) is 0. The van der Waals surface area contributed by atoms with Crippen molar-refractivity contribution in [1.82, 2.24) is 0 Å². The van der Waals surface area contributed by atoms with Crippen LogP contribution in [0.2, 0.25) is 0 Å². The molecule has 1 aliphatic rings. The monoisotopic (exact) mass is 233 g/mol. The van der Waals surface area contributed by atoms with Crippen LogP contribution in [-0.2, 0) is 0 Å². The normalized spacial score (nSPS) is 27.4. The first-order valence-electron chi connectivity index (χ1n) is 6.74. The number of benzene rings is 1. The molecule has 0 spiro atoms. The molecule has 0 saturated carbocycles.